The molecule has 2 N–H and O–H groups in total. The Labute approximate surface area is 158 Å². The number of pyridine rings is 1. The van der Waals surface area contributed by atoms with Crippen LogP contribution in [-0.2, 0) is 9.53 Å². The molecule has 0 unspecified atom stereocenters. The maximum atomic E-state index is 12.0. The number of aromatic nitrogens is 1. The first kappa shape index (κ1) is 18.6. The average molecular weight is 391 g/mol. The molecule has 10 heteroatoms. The van der Waals surface area contributed by atoms with Crippen molar-refractivity contribution in [2.75, 3.05) is 17.2 Å². The van der Waals surface area contributed by atoms with E-state index in [0.717, 1.165) is 18.9 Å². The molecule has 1 saturated carbocycles. The summed E-state index contributed by atoms with van der Waals surface area (Å²) in [5, 5.41) is 16.7. The summed E-state index contributed by atoms with van der Waals surface area (Å²) in [6.07, 6.45) is 3.56. The van der Waals surface area contributed by atoms with E-state index in [0.29, 0.717) is 11.9 Å². The van der Waals surface area contributed by atoms with Gasteiger partial charge in [0.2, 0.25) is 0 Å². The molecule has 3 rings (SSSR count). The van der Waals surface area contributed by atoms with E-state index >= 15 is 0 Å². The van der Waals surface area contributed by atoms with Crippen molar-refractivity contribution in [2.24, 2.45) is 0 Å². The summed E-state index contributed by atoms with van der Waals surface area (Å²) in [6, 6.07) is 7.46. The van der Waals surface area contributed by atoms with Crippen LogP contribution in [0.5, 0.6) is 0 Å². The smallest absolute Gasteiger partial charge is 0.340 e. The quantitative estimate of drug-likeness (QED) is 0.423. The van der Waals surface area contributed by atoms with Crippen molar-refractivity contribution >= 4 is 40.7 Å². The highest BCUT2D eigenvalue weighted by molar-refractivity contribution is 6.31. The minimum Gasteiger partial charge on any atom is -0.452 e. The molecule has 1 aliphatic carbocycles. The summed E-state index contributed by atoms with van der Waals surface area (Å²) in [5.41, 5.74) is -0.200. The van der Waals surface area contributed by atoms with Crippen LogP contribution >= 0.6 is 11.6 Å². The van der Waals surface area contributed by atoms with E-state index in [1.807, 2.05) is 0 Å². The standard InChI is InChI=1S/C17H15ClN4O5/c18-11-2-5-13(14(7-11)22(25)26)21-16(23)9-27-17(24)10-1-6-15(19-8-10)20-12-3-4-12/h1-2,5-8,12H,3-4,9H2,(H,19,20)(H,21,23). The zero-order valence-corrected chi connectivity index (χ0v) is 14.7. The predicted molar refractivity (Wildman–Crippen MR) is 97.9 cm³/mol. The molecule has 0 bridgehead atoms. The van der Waals surface area contributed by atoms with Gasteiger partial charge in [-0.05, 0) is 37.1 Å². The number of esters is 1. The lowest BCUT2D eigenvalue weighted by Gasteiger charge is -2.08. The maximum absolute atomic E-state index is 12.0. The van der Waals surface area contributed by atoms with Gasteiger partial charge in [-0.2, -0.15) is 0 Å². The third kappa shape index (κ3) is 5.14. The van der Waals surface area contributed by atoms with Crippen molar-refractivity contribution < 1.29 is 19.2 Å². The number of rotatable bonds is 7. The van der Waals surface area contributed by atoms with E-state index in [4.69, 9.17) is 16.3 Å². The zero-order valence-electron chi connectivity index (χ0n) is 14.0. The monoisotopic (exact) mass is 390 g/mol. The van der Waals surface area contributed by atoms with Gasteiger partial charge in [0.1, 0.15) is 11.5 Å². The number of nitrogens with zero attached hydrogens (tertiary/aromatic N) is 2. The number of nitro benzene ring substituents is 1. The molecule has 140 valence electrons. The van der Waals surface area contributed by atoms with Crippen LogP contribution in [0.25, 0.3) is 0 Å². The summed E-state index contributed by atoms with van der Waals surface area (Å²) in [5.74, 6) is -0.767. The first-order valence-electron chi connectivity index (χ1n) is 8.06. The van der Waals surface area contributed by atoms with Crippen LogP contribution in [0, 0.1) is 10.1 Å². The van der Waals surface area contributed by atoms with E-state index in [1.54, 1.807) is 12.1 Å². The number of nitrogens with one attached hydrogen (secondary N) is 2. The van der Waals surface area contributed by atoms with Gasteiger partial charge >= 0.3 is 5.97 Å². The number of carbonyl (C=O) groups excluding carboxylic acids is 2. The summed E-state index contributed by atoms with van der Waals surface area (Å²) < 4.78 is 4.91. The van der Waals surface area contributed by atoms with Gasteiger partial charge in [0, 0.05) is 23.3 Å². The van der Waals surface area contributed by atoms with Gasteiger partial charge in [-0.25, -0.2) is 9.78 Å². The molecule has 1 fully saturated rings. The van der Waals surface area contributed by atoms with Crippen molar-refractivity contribution in [1.82, 2.24) is 4.98 Å². The highest BCUT2D eigenvalue weighted by Crippen LogP contribution is 2.27. The Morgan fingerprint density at radius 3 is 2.70 bits per heavy atom. The second-order valence-corrected chi connectivity index (χ2v) is 6.33. The molecule has 1 aromatic carbocycles. The maximum Gasteiger partial charge on any atom is 0.340 e. The Balaban J connectivity index is 1.54. The Morgan fingerprint density at radius 2 is 2.07 bits per heavy atom. The van der Waals surface area contributed by atoms with E-state index in [-0.39, 0.29) is 22.0 Å². The highest BCUT2D eigenvalue weighted by atomic mass is 35.5. The highest BCUT2D eigenvalue weighted by Gasteiger charge is 2.21. The van der Waals surface area contributed by atoms with Crippen LogP contribution in [0.3, 0.4) is 0 Å². The number of nitro groups is 1. The van der Waals surface area contributed by atoms with Gasteiger partial charge < -0.3 is 15.4 Å². The van der Waals surface area contributed by atoms with E-state index in [9.17, 15) is 19.7 Å². The molecule has 9 nitrogen and oxygen atoms in total. The topological polar surface area (TPSA) is 123 Å². The van der Waals surface area contributed by atoms with Crippen LogP contribution < -0.4 is 10.6 Å². The van der Waals surface area contributed by atoms with E-state index < -0.39 is 23.4 Å². The fourth-order valence-corrected chi connectivity index (χ4v) is 2.37. The predicted octanol–water partition coefficient (Wildman–Crippen LogP) is 3.01. The molecule has 0 saturated heterocycles. The number of halogens is 1. The SMILES string of the molecule is O=C(COC(=O)c1ccc(NC2CC2)nc1)Nc1ccc(Cl)cc1[N+](=O)[O-]. The first-order valence-corrected chi connectivity index (χ1v) is 8.43. The van der Waals surface area contributed by atoms with Gasteiger partial charge in [-0.15, -0.1) is 0 Å². The molecule has 0 atom stereocenters. The number of ether oxygens (including phenoxy) is 1. The van der Waals surface area contributed by atoms with Crippen LogP contribution in [0.2, 0.25) is 5.02 Å². The van der Waals surface area contributed by atoms with Crippen LogP contribution in [0.15, 0.2) is 36.5 Å². The summed E-state index contributed by atoms with van der Waals surface area (Å²) in [7, 11) is 0. The van der Waals surface area contributed by atoms with E-state index in [1.165, 1.54) is 18.3 Å². The normalized spacial score (nSPS) is 12.9. The zero-order chi connectivity index (χ0) is 19.4. The Hall–Kier alpha value is -3.20. The molecular weight excluding hydrogens is 376 g/mol. The number of carbonyl (C=O) groups is 2. The minimum atomic E-state index is -0.721. The van der Waals surface area contributed by atoms with Crippen molar-refractivity contribution in [3.63, 3.8) is 0 Å². The molecule has 0 aliphatic heterocycles. The Bertz CT molecular complexity index is 883. The molecule has 1 aliphatic rings. The molecule has 0 spiro atoms. The number of anilines is 2. The number of hydrogen-bond donors (Lipinski definition) is 2. The third-order valence-corrected chi connectivity index (χ3v) is 3.93. The Morgan fingerprint density at radius 1 is 1.30 bits per heavy atom. The largest absolute Gasteiger partial charge is 0.452 e. The fourth-order valence-electron chi connectivity index (χ4n) is 2.20. The second-order valence-electron chi connectivity index (χ2n) is 5.89. The first-order chi connectivity index (χ1) is 12.9. The average Bonchev–Trinajstić information content (AvgIpc) is 3.45. The van der Waals surface area contributed by atoms with Crippen molar-refractivity contribution in [3.05, 3.63) is 57.2 Å². The van der Waals surface area contributed by atoms with Crippen molar-refractivity contribution in [3.8, 4) is 0 Å². The summed E-state index contributed by atoms with van der Waals surface area (Å²) >= 11 is 5.71. The number of amides is 1. The number of hydrogen-bond acceptors (Lipinski definition) is 7. The third-order valence-electron chi connectivity index (χ3n) is 3.69. The van der Waals surface area contributed by atoms with Crippen LogP contribution in [0.4, 0.5) is 17.2 Å². The molecule has 27 heavy (non-hydrogen) atoms. The molecule has 1 amide bonds. The van der Waals surface area contributed by atoms with Gasteiger partial charge in [0.15, 0.2) is 6.61 Å². The molecule has 1 aromatic heterocycles. The second kappa shape index (κ2) is 8.00. The molecule has 0 radical (unpaired) electrons. The van der Waals surface area contributed by atoms with Gasteiger partial charge in [0.25, 0.3) is 11.6 Å². The molecular formula is C17H15ClN4O5. The van der Waals surface area contributed by atoms with Crippen molar-refractivity contribution in [1.29, 1.82) is 0 Å². The Kier molecular flexibility index (Phi) is 5.51. The minimum absolute atomic E-state index is 0.0392. The van der Waals surface area contributed by atoms with Gasteiger partial charge in [-0.1, -0.05) is 11.6 Å². The lowest BCUT2D eigenvalue weighted by Crippen LogP contribution is -2.21. The van der Waals surface area contributed by atoms with Crippen LogP contribution in [0.1, 0.15) is 23.2 Å². The van der Waals surface area contributed by atoms with Crippen LogP contribution in [-0.4, -0.2) is 34.4 Å². The van der Waals surface area contributed by atoms with E-state index in [2.05, 4.69) is 15.6 Å². The molecule has 2 aromatic rings. The molecule has 1 heterocycles. The fraction of sp³-hybridized carbons (Fsp3) is 0.235. The number of benzene rings is 1. The van der Waals surface area contributed by atoms with Gasteiger partial charge in [-0.3, -0.25) is 14.9 Å². The lowest BCUT2D eigenvalue weighted by atomic mass is 10.2. The van der Waals surface area contributed by atoms with Crippen molar-refractivity contribution in [2.45, 2.75) is 18.9 Å². The summed E-state index contributed by atoms with van der Waals surface area (Å²) in [4.78, 5) is 38.3. The summed E-state index contributed by atoms with van der Waals surface area (Å²) in [6.45, 7) is -0.597. The lowest BCUT2D eigenvalue weighted by molar-refractivity contribution is -0.383. The van der Waals surface area contributed by atoms with Gasteiger partial charge in [0.05, 0.1) is 10.5 Å².